The Bertz CT molecular complexity index is 3040. The Labute approximate surface area is 402 Å². The second kappa shape index (κ2) is 20.4. The number of nitrogens with zero attached hydrogens (tertiary/aromatic N) is 5. The summed E-state index contributed by atoms with van der Waals surface area (Å²) in [7, 11) is 1.59. The van der Waals surface area contributed by atoms with Crippen LogP contribution in [-0.2, 0) is 14.4 Å². The van der Waals surface area contributed by atoms with Gasteiger partial charge in [-0.15, -0.1) is 0 Å². The Morgan fingerprint density at radius 1 is 0.561 bits per heavy atom. The number of benzodiazepines with no additional fused rings is 3. The number of rotatable bonds is 4. The quantitative estimate of drug-likeness (QED) is 0.0995. The van der Waals surface area contributed by atoms with Crippen LogP contribution >= 0.6 is 58.0 Å². The van der Waals surface area contributed by atoms with Crippen LogP contribution in [0, 0.1) is 10.1 Å². The number of halogens is 5. The summed E-state index contributed by atoms with van der Waals surface area (Å²) in [6.07, 6.45) is -2.98. The molecule has 3 heterocycles. The Balaban J connectivity index is 0.000000147. The normalized spacial score (nSPS) is 17.4. The number of likely N-dealkylation sites (N-methyl/N-ethyl adjacent to an activating group) is 1. The van der Waals surface area contributed by atoms with Crippen molar-refractivity contribution >= 4 is 116 Å². The summed E-state index contributed by atoms with van der Waals surface area (Å²) in [5.74, 6) is -1.38. The van der Waals surface area contributed by atoms with Gasteiger partial charge in [0, 0.05) is 77.7 Å². The Hall–Kier alpha value is -6.49. The van der Waals surface area contributed by atoms with Crippen LogP contribution in [0.4, 0.5) is 22.7 Å². The first kappa shape index (κ1) is 47.5. The van der Waals surface area contributed by atoms with Crippen LogP contribution in [-0.4, -0.2) is 75.5 Å². The topological polar surface area (TPSA) is 199 Å². The van der Waals surface area contributed by atoms with E-state index in [0.29, 0.717) is 92.7 Å². The van der Waals surface area contributed by atoms with Gasteiger partial charge in [0.1, 0.15) is 6.04 Å². The molecule has 334 valence electrons. The third-order valence-corrected chi connectivity index (χ3v) is 11.6. The zero-order valence-corrected chi connectivity index (χ0v) is 38.2. The van der Waals surface area contributed by atoms with Gasteiger partial charge in [-0.1, -0.05) is 113 Å². The van der Waals surface area contributed by atoms with Gasteiger partial charge in [0.25, 0.3) is 17.5 Å². The standard InChI is InChI=1S/C16H12Cl2N2O2.C16H12ClN3O3.C15H10Cl2N2O2/c1-20-13-7-6-9(17)8-11(13)14(19-15(21)16(20)22)10-4-2-3-5-12(10)18;1-9-16(21)19-14-7-6-10(20(22)23)8-12(14)15(18-9)11-4-2-3-5-13(11)17;16-8-5-6-12-10(7-8)13(19-15(21)14(20)18-12)9-3-1-2-4-11(9)17/h2-8,15,21H,1H3;2-9H,1H3,(H,19,21);1-7,15,21H,(H,18,20)/t;9-;/m.0./s1. The first-order chi connectivity index (χ1) is 31.5. The minimum absolute atomic E-state index is 0.0766. The molecular formula is C47H34Cl5N7O7. The number of anilines is 3. The molecule has 3 aliphatic heterocycles. The van der Waals surface area contributed by atoms with Gasteiger partial charge in [0.2, 0.25) is 18.4 Å². The first-order valence-electron chi connectivity index (χ1n) is 19.6. The largest absolute Gasteiger partial charge is 0.364 e. The fourth-order valence-electron chi connectivity index (χ4n) is 6.91. The second-order valence-corrected chi connectivity index (χ2v) is 16.6. The van der Waals surface area contributed by atoms with Gasteiger partial charge in [-0.05, 0) is 67.6 Å². The molecule has 3 aliphatic rings. The number of aliphatic imine (C=N–C) groups is 3. The molecular weight excluding hydrogens is 952 g/mol. The Kier molecular flexibility index (Phi) is 14.6. The van der Waals surface area contributed by atoms with E-state index in [0.717, 1.165) is 0 Å². The molecule has 66 heavy (non-hydrogen) atoms. The van der Waals surface area contributed by atoms with E-state index in [9.17, 15) is 34.7 Å². The number of hydrogen-bond acceptors (Lipinski definition) is 10. The number of nitro benzene ring substituents is 1. The van der Waals surface area contributed by atoms with E-state index >= 15 is 0 Å². The predicted octanol–water partition coefficient (Wildman–Crippen LogP) is 9.65. The van der Waals surface area contributed by atoms with Gasteiger partial charge in [0.05, 0.1) is 39.1 Å². The highest BCUT2D eigenvalue weighted by atomic mass is 35.5. The summed E-state index contributed by atoms with van der Waals surface area (Å²) < 4.78 is 0. The zero-order chi connectivity index (χ0) is 47.4. The van der Waals surface area contributed by atoms with E-state index in [1.165, 1.54) is 23.1 Å². The number of benzene rings is 6. The molecule has 6 aromatic carbocycles. The molecule has 6 aromatic rings. The van der Waals surface area contributed by atoms with Crippen LogP contribution in [0.3, 0.4) is 0 Å². The van der Waals surface area contributed by atoms with Crippen molar-refractivity contribution in [3.05, 3.63) is 196 Å². The van der Waals surface area contributed by atoms with Crippen molar-refractivity contribution in [1.29, 1.82) is 0 Å². The lowest BCUT2D eigenvalue weighted by molar-refractivity contribution is -0.384. The molecule has 14 nitrogen and oxygen atoms in total. The molecule has 9 rings (SSSR count). The number of nitro groups is 1. The highest BCUT2D eigenvalue weighted by Gasteiger charge is 2.30. The number of carbonyl (C=O) groups excluding carboxylic acids is 3. The molecule has 3 atom stereocenters. The van der Waals surface area contributed by atoms with Gasteiger partial charge >= 0.3 is 0 Å². The van der Waals surface area contributed by atoms with Crippen molar-refractivity contribution in [2.45, 2.75) is 25.4 Å². The second-order valence-electron chi connectivity index (χ2n) is 14.5. The van der Waals surface area contributed by atoms with E-state index in [1.54, 1.807) is 117 Å². The van der Waals surface area contributed by atoms with Crippen LogP contribution in [0.1, 0.15) is 40.3 Å². The predicted molar refractivity (Wildman–Crippen MR) is 259 cm³/mol. The molecule has 3 amide bonds. The zero-order valence-electron chi connectivity index (χ0n) is 34.4. The van der Waals surface area contributed by atoms with Gasteiger partial charge in [-0.3, -0.25) is 29.5 Å². The van der Waals surface area contributed by atoms with Crippen molar-refractivity contribution in [3.8, 4) is 0 Å². The molecule has 0 aliphatic carbocycles. The molecule has 0 spiro atoms. The van der Waals surface area contributed by atoms with Crippen molar-refractivity contribution in [3.63, 3.8) is 0 Å². The van der Waals surface area contributed by atoms with Crippen LogP contribution in [0.2, 0.25) is 25.1 Å². The highest BCUT2D eigenvalue weighted by molar-refractivity contribution is 6.38. The number of carbonyl (C=O) groups is 3. The summed E-state index contributed by atoms with van der Waals surface area (Å²) in [6, 6.07) is 35.0. The van der Waals surface area contributed by atoms with Crippen LogP contribution in [0.5, 0.6) is 0 Å². The maximum atomic E-state index is 12.2. The highest BCUT2D eigenvalue weighted by Crippen LogP contribution is 2.34. The molecule has 0 saturated carbocycles. The fourth-order valence-corrected chi connectivity index (χ4v) is 7.93. The van der Waals surface area contributed by atoms with Gasteiger partial charge < -0.3 is 25.7 Å². The first-order valence-corrected chi connectivity index (χ1v) is 21.5. The summed E-state index contributed by atoms with van der Waals surface area (Å²) in [6.45, 7) is 1.66. The van der Waals surface area contributed by atoms with Crippen LogP contribution in [0.15, 0.2) is 142 Å². The number of hydrogen-bond donors (Lipinski definition) is 4. The molecule has 0 radical (unpaired) electrons. The number of amides is 3. The number of fused-ring (bicyclic) bond motifs is 3. The number of nitrogens with one attached hydrogen (secondary N) is 2. The maximum absolute atomic E-state index is 12.2. The van der Waals surface area contributed by atoms with Crippen molar-refractivity contribution in [1.82, 2.24) is 0 Å². The summed E-state index contributed by atoms with van der Waals surface area (Å²) in [5.41, 5.74) is 6.48. The van der Waals surface area contributed by atoms with E-state index in [1.807, 2.05) is 6.07 Å². The molecule has 0 saturated heterocycles. The van der Waals surface area contributed by atoms with Gasteiger partial charge in [0.15, 0.2) is 0 Å². The SMILES string of the molecule is CN1C(=O)C(O)N=C(c2ccccc2Cl)c2cc(Cl)ccc21.C[C@@H]1N=C(c2ccccc2Cl)c2cc([N+](=O)[O-])ccc2NC1=O.O=C1Nc2ccc(Cl)cc2C(c2ccccc2Cl)=NC1O. The molecule has 4 N–H and O–H groups in total. The molecule has 0 bridgehead atoms. The average molecular weight is 986 g/mol. The number of aliphatic hydroxyl groups excluding tert-OH is 2. The van der Waals surface area contributed by atoms with E-state index in [-0.39, 0.29) is 11.6 Å². The lowest BCUT2D eigenvalue weighted by atomic mass is 10.00. The third-order valence-electron chi connectivity index (χ3n) is 10.2. The van der Waals surface area contributed by atoms with E-state index in [2.05, 4.69) is 25.6 Å². The van der Waals surface area contributed by atoms with Crippen LogP contribution < -0.4 is 15.5 Å². The minimum atomic E-state index is -1.50. The lowest BCUT2D eigenvalue weighted by Gasteiger charge is -2.18. The van der Waals surface area contributed by atoms with Crippen molar-refractivity contribution in [2.75, 3.05) is 22.6 Å². The molecule has 19 heteroatoms. The Morgan fingerprint density at radius 3 is 1.55 bits per heavy atom. The van der Waals surface area contributed by atoms with Gasteiger partial charge in [-0.25, -0.2) is 9.98 Å². The Morgan fingerprint density at radius 2 is 1.00 bits per heavy atom. The van der Waals surface area contributed by atoms with Crippen molar-refractivity contribution in [2.24, 2.45) is 15.0 Å². The monoisotopic (exact) mass is 983 g/mol. The third kappa shape index (κ3) is 10.3. The fraction of sp³-hybridized carbons (Fsp3) is 0.106. The maximum Gasteiger partial charge on any atom is 0.278 e. The molecule has 0 aromatic heterocycles. The smallest absolute Gasteiger partial charge is 0.278 e. The number of aliphatic hydroxyl groups is 2. The molecule has 2 unspecified atom stereocenters. The van der Waals surface area contributed by atoms with E-state index < -0.39 is 35.2 Å². The summed E-state index contributed by atoms with van der Waals surface area (Å²) in [4.78, 5) is 60.6. The van der Waals surface area contributed by atoms with Crippen molar-refractivity contribution < 1.29 is 29.5 Å². The number of non-ortho nitro benzene ring substituents is 1. The minimum Gasteiger partial charge on any atom is -0.364 e. The summed E-state index contributed by atoms with van der Waals surface area (Å²) in [5, 5.41) is 38.7. The molecule has 0 fully saturated rings. The van der Waals surface area contributed by atoms with Crippen LogP contribution in [0.25, 0.3) is 0 Å². The van der Waals surface area contributed by atoms with Gasteiger partial charge in [-0.2, -0.15) is 0 Å². The lowest BCUT2D eigenvalue weighted by Crippen LogP contribution is -2.34. The average Bonchev–Trinajstić information content (AvgIpc) is 3.55. The van der Waals surface area contributed by atoms with E-state index in [4.69, 9.17) is 58.0 Å². The summed E-state index contributed by atoms with van der Waals surface area (Å²) >= 11 is 30.8.